The molecular weight excluding hydrogens is 382 g/mol. The number of anilines is 1. The van der Waals surface area contributed by atoms with E-state index in [0.717, 1.165) is 29.5 Å². The van der Waals surface area contributed by atoms with Crippen LogP contribution in [0.15, 0.2) is 29.6 Å². The molecule has 1 heterocycles. The molecule has 4 nitrogen and oxygen atoms in total. The first kappa shape index (κ1) is 23.1. The SMILES string of the molecule is CCCCCCCCCCC(=O)Nc1scc(-c2ccc(C)cc2)c1C(=O)OC. The number of nitrogens with one attached hydrogen (secondary N) is 1. The van der Waals surface area contributed by atoms with Crippen molar-refractivity contribution in [2.45, 2.75) is 71.6 Å². The number of unbranched alkanes of at least 4 members (excludes halogenated alkanes) is 7. The average molecular weight is 416 g/mol. The lowest BCUT2D eigenvalue weighted by molar-refractivity contribution is -0.116. The van der Waals surface area contributed by atoms with Crippen molar-refractivity contribution < 1.29 is 14.3 Å². The quantitative estimate of drug-likeness (QED) is 0.300. The summed E-state index contributed by atoms with van der Waals surface area (Å²) in [5, 5.41) is 5.40. The molecule has 0 saturated carbocycles. The number of ether oxygens (including phenoxy) is 1. The molecule has 2 rings (SSSR count). The van der Waals surface area contributed by atoms with Crippen molar-refractivity contribution in [3.8, 4) is 11.1 Å². The Morgan fingerprint density at radius 2 is 1.59 bits per heavy atom. The summed E-state index contributed by atoms with van der Waals surface area (Å²) in [7, 11) is 1.37. The Bertz CT molecular complexity index is 780. The van der Waals surface area contributed by atoms with Gasteiger partial charge in [0.15, 0.2) is 0 Å². The second-order valence-corrected chi connectivity index (χ2v) is 8.36. The van der Waals surface area contributed by atoms with Crippen LogP contribution in [0.3, 0.4) is 0 Å². The Kier molecular flexibility index (Phi) is 9.92. The first-order valence-corrected chi connectivity index (χ1v) is 11.5. The zero-order valence-corrected chi connectivity index (χ0v) is 18.7. The van der Waals surface area contributed by atoms with Gasteiger partial charge in [0.25, 0.3) is 0 Å². The second kappa shape index (κ2) is 12.4. The van der Waals surface area contributed by atoms with Gasteiger partial charge in [-0.2, -0.15) is 0 Å². The summed E-state index contributed by atoms with van der Waals surface area (Å²) in [6.07, 6.45) is 10.0. The van der Waals surface area contributed by atoms with Crippen molar-refractivity contribution in [3.63, 3.8) is 0 Å². The van der Waals surface area contributed by atoms with Crippen LogP contribution in [-0.4, -0.2) is 19.0 Å². The largest absolute Gasteiger partial charge is 0.465 e. The highest BCUT2D eigenvalue weighted by molar-refractivity contribution is 7.15. The lowest BCUT2D eigenvalue weighted by Gasteiger charge is -2.08. The Labute approximate surface area is 178 Å². The minimum absolute atomic E-state index is 0.0431. The maximum atomic E-state index is 12.4. The second-order valence-electron chi connectivity index (χ2n) is 7.48. The molecule has 1 aromatic carbocycles. The molecule has 1 aromatic heterocycles. The maximum Gasteiger partial charge on any atom is 0.341 e. The molecule has 29 heavy (non-hydrogen) atoms. The van der Waals surface area contributed by atoms with E-state index in [2.05, 4.69) is 12.2 Å². The van der Waals surface area contributed by atoms with Gasteiger partial charge in [0.1, 0.15) is 10.6 Å². The number of rotatable bonds is 12. The summed E-state index contributed by atoms with van der Waals surface area (Å²) in [6, 6.07) is 7.98. The molecule has 0 fully saturated rings. The van der Waals surface area contributed by atoms with Gasteiger partial charge >= 0.3 is 5.97 Å². The van der Waals surface area contributed by atoms with Crippen LogP contribution in [0.2, 0.25) is 0 Å². The molecule has 5 heteroatoms. The normalized spacial score (nSPS) is 10.7. The summed E-state index contributed by atoms with van der Waals surface area (Å²) in [4.78, 5) is 24.8. The number of amides is 1. The number of methoxy groups -OCH3 is 1. The molecule has 158 valence electrons. The zero-order valence-electron chi connectivity index (χ0n) is 17.9. The van der Waals surface area contributed by atoms with E-state index in [1.54, 1.807) is 0 Å². The van der Waals surface area contributed by atoms with Crippen LogP contribution in [-0.2, 0) is 9.53 Å². The smallest absolute Gasteiger partial charge is 0.341 e. The third-order valence-corrected chi connectivity index (χ3v) is 5.95. The summed E-state index contributed by atoms with van der Waals surface area (Å²) in [5.41, 5.74) is 3.33. The molecule has 2 aromatic rings. The van der Waals surface area contributed by atoms with E-state index in [9.17, 15) is 9.59 Å². The summed E-state index contributed by atoms with van der Waals surface area (Å²) >= 11 is 1.37. The molecule has 0 atom stereocenters. The number of carbonyl (C=O) groups excluding carboxylic acids is 2. The van der Waals surface area contributed by atoms with Gasteiger partial charge in [-0.15, -0.1) is 11.3 Å². The Balaban J connectivity index is 1.92. The molecule has 0 saturated heterocycles. The number of carbonyl (C=O) groups is 2. The van der Waals surface area contributed by atoms with Gasteiger partial charge in [-0.3, -0.25) is 4.79 Å². The van der Waals surface area contributed by atoms with Gasteiger partial charge in [-0.1, -0.05) is 81.7 Å². The third-order valence-electron chi connectivity index (χ3n) is 5.05. The van der Waals surface area contributed by atoms with Gasteiger partial charge in [-0.05, 0) is 18.9 Å². The van der Waals surface area contributed by atoms with E-state index < -0.39 is 5.97 Å². The number of hydrogen-bond acceptors (Lipinski definition) is 4. The van der Waals surface area contributed by atoms with Crippen LogP contribution in [0.4, 0.5) is 5.00 Å². The molecule has 0 bridgehead atoms. The predicted molar refractivity (Wildman–Crippen MR) is 122 cm³/mol. The van der Waals surface area contributed by atoms with Crippen molar-refractivity contribution >= 4 is 28.2 Å². The molecule has 0 unspecified atom stereocenters. The average Bonchev–Trinajstić information content (AvgIpc) is 3.13. The fourth-order valence-corrected chi connectivity index (χ4v) is 4.28. The fraction of sp³-hybridized carbons (Fsp3) is 0.500. The summed E-state index contributed by atoms with van der Waals surface area (Å²) < 4.78 is 4.97. The van der Waals surface area contributed by atoms with Crippen molar-refractivity contribution in [2.75, 3.05) is 12.4 Å². The first-order valence-electron chi connectivity index (χ1n) is 10.6. The Hall–Kier alpha value is -2.14. The highest BCUT2D eigenvalue weighted by Crippen LogP contribution is 2.36. The van der Waals surface area contributed by atoms with Crippen molar-refractivity contribution in [1.82, 2.24) is 0 Å². The van der Waals surface area contributed by atoms with Crippen LogP contribution in [0.1, 0.15) is 80.6 Å². The summed E-state index contributed by atoms with van der Waals surface area (Å²) in [6.45, 7) is 4.25. The molecule has 0 spiro atoms. The van der Waals surface area contributed by atoms with Crippen molar-refractivity contribution in [3.05, 3.63) is 40.8 Å². The lowest BCUT2D eigenvalue weighted by Crippen LogP contribution is -2.13. The van der Waals surface area contributed by atoms with Crippen LogP contribution < -0.4 is 5.32 Å². The van der Waals surface area contributed by atoms with Crippen LogP contribution in [0, 0.1) is 6.92 Å². The minimum Gasteiger partial charge on any atom is -0.465 e. The molecule has 1 amide bonds. The Morgan fingerprint density at radius 3 is 2.21 bits per heavy atom. The summed E-state index contributed by atoms with van der Waals surface area (Å²) in [5.74, 6) is -0.470. The van der Waals surface area contributed by atoms with Gasteiger partial charge < -0.3 is 10.1 Å². The number of hydrogen-bond donors (Lipinski definition) is 1. The highest BCUT2D eigenvalue weighted by Gasteiger charge is 2.22. The molecule has 1 N–H and O–H groups in total. The van der Waals surface area contributed by atoms with Crippen molar-refractivity contribution in [1.29, 1.82) is 0 Å². The van der Waals surface area contributed by atoms with Gasteiger partial charge in [-0.25, -0.2) is 4.79 Å². The topological polar surface area (TPSA) is 55.4 Å². The highest BCUT2D eigenvalue weighted by atomic mass is 32.1. The first-order chi connectivity index (χ1) is 14.1. The van der Waals surface area contributed by atoms with E-state index in [-0.39, 0.29) is 5.91 Å². The van der Waals surface area contributed by atoms with Crippen LogP contribution in [0.5, 0.6) is 0 Å². The lowest BCUT2D eigenvalue weighted by atomic mass is 10.0. The van der Waals surface area contributed by atoms with E-state index in [0.29, 0.717) is 17.0 Å². The molecule has 0 aliphatic heterocycles. The number of esters is 1. The zero-order chi connectivity index (χ0) is 21.1. The van der Waals surface area contributed by atoms with E-state index in [4.69, 9.17) is 4.74 Å². The van der Waals surface area contributed by atoms with Gasteiger partial charge in [0.2, 0.25) is 5.91 Å². The number of thiophene rings is 1. The van der Waals surface area contributed by atoms with Gasteiger partial charge in [0, 0.05) is 17.4 Å². The fourth-order valence-electron chi connectivity index (χ4n) is 3.31. The van der Waals surface area contributed by atoms with Crippen molar-refractivity contribution in [2.24, 2.45) is 0 Å². The van der Waals surface area contributed by atoms with Crippen LogP contribution in [0.25, 0.3) is 11.1 Å². The van der Waals surface area contributed by atoms with E-state index in [1.807, 2.05) is 36.6 Å². The molecular formula is C24H33NO3S. The number of benzene rings is 1. The minimum atomic E-state index is -0.427. The standard InChI is InChI=1S/C24H33NO3S/c1-4-5-6-7-8-9-10-11-12-21(26)25-23-22(24(27)28-3)20(17-29-23)19-15-13-18(2)14-16-19/h13-17H,4-12H2,1-3H3,(H,25,26). The van der Waals surface area contributed by atoms with E-state index in [1.165, 1.54) is 57.0 Å². The van der Waals surface area contributed by atoms with E-state index >= 15 is 0 Å². The molecule has 0 radical (unpaired) electrons. The third kappa shape index (κ3) is 7.32. The Morgan fingerprint density at radius 1 is 0.966 bits per heavy atom. The number of aryl methyl sites for hydroxylation is 1. The predicted octanol–water partition coefficient (Wildman–Crippen LogP) is 6.98. The van der Waals surface area contributed by atoms with Gasteiger partial charge in [0.05, 0.1) is 7.11 Å². The maximum absolute atomic E-state index is 12.4. The van der Waals surface area contributed by atoms with Crippen LogP contribution >= 0.6 is 11.3 Å². The molecule has 0 aliphatic carbocycles. The monoisotopic (exact) mass is 415 g/mol. The molecule has 0 aliphatic rings.